The summed E-state index contributed by atoms with van der Waals surface area (Å²) in [5.74, 6) is -1.44. The quantitative estimate of drug-likeness (QED) is 0.789. The summed E-state index contributed by atoms with van der Waals surface area (Å²) in [6, 6.07) is 14.8. The van der Waals surface area contributed by atoms with Crippen LogP contribution in [-0.2, 0) is 16.0 Å². The van der Waals surface area contributed by atoms with E-state index in [1.165, 1.54) is 11.9 Å². The zero-order valence-corrected chi connectivity index (χ0v) is 15.1. The number of carboxylic acid groups (broad SMARTS) is 1. The van der Waals surface area contributed by atoms with Crippen LogP contribution in [0.1, 0.15) is 28.8 Å². The highest BCUT2D eigenvalue weighted by Gasteiger charge is 2.30. The number of carbonyl (C=O) groups excluding carboxylic acids is 2. The van der Waals surface area contributed by atoms with Gasteiger partial charge in [-0.15, -0.1) is 0 Å². The summed E-state index contributed by atoms with van der Waals surface area (Å²) in [6.45, 7) is 0. The molecule has 0 aromatic heterocycles. The van der Waals surface area contributed by atoms with E-state index in [2.05, 4.69) is 5.32 Å². The molecule has 6 nitrogen and oxygen atoms in total. The third-order valence-electron chi connectivity index (χ3n) is 4.67. The Hall–Kier alpha value is -3.15. The van der Waals surface area contributed by atoms with E-state index in [4.69, 9.17) is 0 Å². The number of carbonyl (C=O) groups is 3. The maximum Gasteiger partial charge on any atom is 0.326 e. The molecule has 2 aromatic rings. The molecule has 0 saturated heterocycles. The Morgan fingerprint density at radius 1 is 1.11 bits per heavy atom. The predicted octanol–water partition coefficient (Wildman–Crippen LogP) is 2.80. The van der Waals surface area contributed by atoms with Crippen LogP contribution in [0, 0.1) is 5.92 Å². The van der Waals surface area contributed by atoms with Crippen LogP contribution in [0.3, 0.4) is 0 Å². The van der Waals surface area contributed by atoms with E-state index >= 15 is 0 Å². The van der Waals surface area contributed by atoms with Gasteiger partial charge < -0.3 is 15.3 Å². The molecule has 0 heterocycles. The van der Waals surface area contributed by atoms with Crippen molar-refractivity contribution in [1.82, 2.24) is 4.90 Å². The van der Waals surface area contributed by atoms with E-state index in [0.717, 1.165) is 18.4 Å². The minimum absolute atomic E-state index is 0.0413. The van der Waals surface area contributed by atoms with Gasteiger partial charge in [0, 0.05) is 30.6 Å². The Balaban J connectivity index is 1.74. The second-order valence-electron chi connectivity index (χ2n) is 6.80. The van der Waals surface area contributed by atoms with Crippen molar-refractivity contribution in [3.8, 4) is 0 Å². The van der Waals surface area contributed by atoms with E-state index in [1.54, 1.807) is 24.3 Å². The molecule has 6 heteroatoms. The lowest BCUT2D eigenvalue weighted by atomic mass is 10.0. The molecule has 1 fully saturated rings. The number of aliphatic carboxylic acids is 1. The van der Waals surface area contributed by atoms with Crippen molar-refractivity contribution >= 4 is 23.5 Å². The molecule has 1 saturated carbocycles. The first-order chi connectivity index (χ1) is 13.0. The topological polar surface area (TPSA) is 86.7 Å². The molecule has 27 heavy (non-hydrogen) atoms. The standard InChI is InChI=1S/C21H22N2O4/c1-23(18(21(26)27)12-14-6-3-2-4-7-14)20(25)16-8-5-9-17(13-16)22-19(24)15-10-11-15/h2-9,13,15,18H,10-12H2,1H3,(H,22,24)(H,26,27). The molecular formula is C21H22N2O4. The van der Waals surface area contributed by atoms with Crippen LogP contribution in [-0.4, -0.2) is 40.9 Å². The Bertz CT molecular complexity index is 846. The average Bonchev–Trinajstić information content (AvgIpc) is 3.51. The summed E-state index contributed by atoms with van der Waals surface area (Å²) in [6.07, 6.45) is 2.01. The summed E-state index contributed by atoms with van der Waals surface area (Å²) in [4.78, 5) is 37.7. The van der Waals surface area contributed by atoms with Gasteiger partial charge >= 0.3 is 5.97 Å². The molecule has 1 aliphatic rings. The van der Waals surface area contributed by atoms with E-state index in [1.807, 2.05) is 30.3 Å². The first-order valence-electron chi connectivity index (χ1n) is 8.90. The molecule has 1 atom stereocenters. The highest BCUT2D eigenvalue weighted by Crippen LogP contribution is 2.30. The molecule has 0 bridgehead atoms. The summed E-state index contributed by atoms with van der Waals surface area (Å²) in [5.41, 5.74) is 1.72. The lowest BCUT2D eigenvalue weighted by Crippen LogP contribution is -2.43. The number of hydrogen-bond acceptors (Lipinski definition) is 3. The molecule has 0 spiro atoms. The smallest absolute Gasteiger partial charge is 0.326 e. The lowest BCUT2D eigenvalue weighted by molar-refractivity contribution is -0.141. The van der Waals surface area contributed by atoms with Gasteiger partial charge in [-0.25, -0.2) is 4.79 Å². The number of amides is 2. The summed E-state index contributed by atoms with van der Waals surface area (Å²) < 4.78 is 0. The van der Waals surface area contributed by atoms with Crippen LogP contribution in [0.4, 0.5) is 5.69 Å². The van der Waals surface area contributed by atoms with Gasteiger partial charge in [-0.3, -0.25) is 9.59 Å². The summed E-state index contributed by atoms with van der Waals surface area (Å²) >= 11 is 0. The summed E-state index contributed by atoms with van der Waals surface area (Å²) in [5, 5.41) is 12.4. The molecule has 140 valence electrons. The number of benzene rings is 2. The van der Waals surface area contributed by atoms with Gasteiger partial charge in [-0.05, 0) is 36.6 Å². The second-order valence-corrected chi connectivity index (χ2v) is 6.80. The minimum Gasteiger partial charge on any atom is -0.480 e. The number of nitrogens with one attached hydrogen (secondary N) is 1. The second kappa shape index (κ2) is 8.03. The summed E-state index contributed by atoms with van der Waals surface area (Å²) in [7, 11) is 1.49. The normalized spacial score (nSPS) is 14.3. The van der Waals surface area contributed by atoms with Gasteiger partial charge in [0.05, 0.1) is 0 Å². The first-order valence-corrected chi connectivity index (χ1v) is 8.90. The molecule has 3 rings (SSSR count). The van der Waals surface area contributed by atoms with Crippen molar-refractivity contribution in [3.05, 3.63) is 65.7 Å². The van der Waals surface area contributed by atoms with Crippen molar-refractivity contribution in [3.63, 3.8) is 0 Å². The van der Waals surface area contributed by atoms with E-state index in [9.17, 15) is 19.5 Å². The number of hydrogen-bond donors (Lipinski definition) is 2. The number of rotatable bonds is 7. The van der Waals surface area contributed by atoms with Gasteiger partial charge in [-0.1, -0.05) is 36.4 Å². The fraction of sp³-hybridized carbons (Fsp3) is 0.286. The monoisotopic (exact) mass is 366 g/mol. The molecule has 2 N–H and O–H groups in total. The van der Waals surface area contributed by atoms with Gasteiger partial charge in [0.2, 0.25) is 5.91 Å². The van der Waals surface area contributed by atoms with Crippen molar-refractivity contribution in [2.24, 2.45) is 5.92 Å². The van der Waals surface area contributed by atoms with Crippen molar-refractivity contribution in [1.29, 1.82) is 0 Å². The maximum absolute atomic E-state index is 12.8. The van der Waals surface area contributed by atoms with E-state index in [0.29, 0.717) is 11.3 Å². The van der Waals surface area contributed by atoms with Gasteiger partial charge in [0.15, 0.2) is 0 Å². The molecule has 1 unspecified atom stereocenters. The molecule has 1 aliphatic carbocycles. The molecule has 0 radical (unpaired) electrons. The Morgan fingerprint density at radius 3 is 2.44 bits per heavy atom. The number of anilines is 1. The zero-order chi connectivity index (χ0) is 19.4. The highest BCUT2D eigenvalue weighted by atomic mass is 16.4. The van der Waals surface area contributed by atoms with Crippen LogP contribution in [0.5, 0.6) is 0 Å². The average molecular weight is 366 g/mol. The third kappa shape index (κ3) is 4.73. The van der Waals surface area contributed by atoms with Crippen LogP contribution in [0.25, 0.3) is 0 Å². The van der Waals surface area contributed by atoms with Crippen LogP contribution in [0.2, 0.25) is 0 Å². The lowest BCUT2D eigenvalue weighted by Gasteiger charge is -2.25. The van der Waals surface area contributed by atoms with Crippen LogP contribution >= 0.6 is 0 Å². The van der Waals surface area contributed by atoms with Crippen LogP contribution < -0.4 is 5.32 Å². The Morgan fingerprint density at radius 2 is 1.81 bits per heavy atom. The predicted molar refractivity (Wildman–Crippen MR) is 101 cm³/mol. The van der Waals surface area contributed by atoms with Crippen LogP contribution in [0.15, 0.2) is 54.6 Å². The first kappa shape index (κ1) is 18.6. The molecule has 2 amide bonds. The Labute approximate surface area is 157 Å². The molecule has 0 aliphatic heterocycles. The fourth-order valence-corrected chi connectivity index (χ4v) is 2.89. The molecular weight excluding hydrogens is 344 g/mol. The van der Waals surface area contributed by atoms with Gasteiger partial charge in [0.1, 0.15) is 6.04 Å². The highest BCUT2D eigenvalue weighted by molar-refractivity contribution is 5.99. The third-order valence-corrected chi connectivity index (χ3v) is 4.67. The van der Waals surface area contributed by atoms with Crippen molar-refractivity contribution < 1.29 is 19.5 Å². The van der Waals surface area contributed by atoms with Crippen molar-refractivity contribution in [2.45, 2.75) is 25.3 Å². The van der Waals surface area contributed by atoms with E-state index < -0.39 is 17.9 Å². The number of nitrogens with zero attached hydrogens (tertiary/aromatic N) is 1. The minimum atomic E-state index is -1.06. The van der Waals surface area contributed by atoms with Gasteiger partial charge in [-0.2, -0.15) is 0 Å². The van der Waals surface area contributed by atoms with Gasteiger partial charge in [0.25, 0.3) is 5.91 Å². The zero-order valence-electron chi connectivity index (χ0n) is 15.1. The number of carboxylic acids is 1. The van der Waals surface area contributed by atoms with E-state index in [-0.39, 0.29) is 18.2 Å². The van der Waals surface area contributed by atoms with Crippen molar-refractivity contribution in [2.75, 3.05) is 12.4 Å². The Kier molecular flexibility index (Phi) is 5.54. The molecule has 2 aromatic carbocycles. The maximum atomic E-state index is 12.8. The fourth-order valence-electron chi connectivity index (χ4n) is 2.89. The largest absolute Gasteiger partial charge is 0.480 e. The number of likely N-dealkylation sites (N-methyl/N-ethyl adjacent to an activating group) is 1. The SMILES string of the molecule is CN(C(=O)c1cccc(NC(=O)C2CC2)c1)C(Cc1ccccc1)C(=O)O.